The molecule has 0 unspecified atom stereocenters. The number of fused-ring (bicyclic) bond motifs is 33. The van der Waals surface area contributed by atoms with Crippen molar-refractivity contribution in [3.8, 4) is 0 Å². The highest BCUT2D eigenvalue weighted by atomic mass is 15.3. The van der Waals surface area contributed by atoms with Crippen LogP contribution in [0.2, 0.25) is 0 Å². The Morgan fingerprint density at radius 2 is 0.678 bits per heavy atom. The van der Waals surface area contributed by atoms with Crippen molar-refractivity contribution in [1.29, 1.82) is 0 Å². The fourth-order valence-corrected chi connectivity index (χ4v) is 11.6. The van der Waals surface area contributed by atoms with Crippen LogP contribution >= 0.6 is 0 Å². The predicted molar refractivity (Wildman–Crippen MR) is 323 cm³/mol. The number of aliphatic imine (C=N–C) groups is 1. The van der Waals surface area contributed by atoms with Crippen molar-refractivity contribution < 1.29 is 0 Å². The molecule has 0 saturated carbocycles. The molecular weight excluding hydrogens is 1100 g/mol. The second-order valence-electron chi connectivity index (χ2n) is 20.1. The molecular formula is C58H31N29. The Morgan fingerprint density at radius 3 is 1.13 bits per heavy atom. The Kier molecular flexibility index (Phi) is 9.41. The van der Waals surface area contributed by atoms with Crippen LogP contribution in [-0.2, 0) is 6.42 Å². The van der Waals surface area contributed by atoms with Gasteiger partial charge in [-0.2, -0.15) is 0 Å². The molecule has 0 amide bonds. The standard InChI is InChI=1S/C21H12N6.C16H7N11.C12H6N6.C9H6N6/c1-4-10-16-13(7-1)22-19-25(16)20-23-15-9-3-6-12-18(15)27(20)21-24-14-8-2-5-11-17(14)26(19)21;1-2-17-12-5(1)22-6-7(23-12)9-11(27-16-15(25-9)20-4-21-16)10-8(6)24-13-14(26-10)19-3-18-13;1-2-14-8-7(13-1)9-11(17-4-3-15-9)12-10(8)16-5-6-18-12;1-10-4-5(11-1)7-9(15-3-13-7)8-6(4)12-2-14-8/h1-12H;2-4,22-23H,1H2;1-6H;1-3H,(H,10,11)(H,12,14)(H,13,15). The van der Waals surface area contributed by atoms with E-state index in [1.165, 1.54) is 12.7 Å². The average molecular weight is 1130 g/mol. The molecule has 0 aliphatic carbocycles. The van der Waals surface area contributed by atoms with Gasteiger partial charge in [0, 0.05) is 49.8 Å². The Balaban J connectivity index is 0.0000000869. The van der Waals surface area contributed by atoms with Crippen molar-refractivity contribution in [2.24, 2.45) is 4.99 Å². The zero-order valence-corrected chi connectivity index (χ0v) is 44.3. The van der Waals surface area contributed by atoms with E-state index in [9.17, 15) is 0 Å². The SMILES string of the molecule is C1=Nc2[nH]c3c4nc5ncnc5nc4c4nc5ncnc5nc4c3[nH]c2C1.c1ccc2c(c1)nc1n2c2nc3ccccc3n2c2nc3ccccc3n12.c1cnc2c(n1)c1nccnc1c1nccnc21.c1nc2c3nc[nH]c3c3[nH]cnc3c2[nH]1. The Hall–Kier alpha value is -13.2. The molecule has 0 fully saturated rings. The lowest BCUT2D eigenvalue weighted by atomic mass is 10.2. The summed E-state index contributed by atoms with van der Waals surface area (Å²) in [5.41, 5.74) is 22.4. The molecule has 408 valence electrons. The summed E-state index contributed by atoms with van der Waals surface area (Å²) in [6.07, 6.45) is 20.3. The van der Waals surface area contributed by atoms with E-state index in [1.807, 2.05) is 60.8 Å². The highest BCUT2D eigenvalue weighted by Crippen LogP contribution is 2.35. The van der Waals surface area contributed by atoms with Gasteiger partial charge in [0.25, 0.3) is 0 Å². The van der Waals surface area contributed by atoms with Crippen molar-refractivity contribution in [3.63, 3.8) is 0 Å². The smallest absolute Gasteiger partial charge is 0.225 e. The zero-order chi connectivity index (χ0) is 56.8. The normalized spacial score (nSPS) is 12.5. The summed E-state index contributed by atoms with van der Waals surface area (Å²) in [6.45, 7) is 0. The topological polar surface area (TPSA) is 362 Å². The first kappa shape index (κ1) is 46.4. The van der Waals surface area contributed by atoms with Crippen LogP contribution in [0, 0.1) is 0 Å². The lowest BCUT2D eigenvalue weighted by Gasteiger charge is -2.10. The van der Waals surface area contributed by atoms with Gasteiger partial charge in [-0.25, -0.2) is 88.0 Å². The first-order valence-corrected chi connectivity index (χ1v) is 27.0. The maximum Gasteiger partial charge on any atom is 0.225 e. The summed E-state index contributed by atoms with van der Waals surface area (Å²) < 4.78 is 6.36. The summed E-state index contributed by atoms with van der Waals surface area (Å²) in [5.74, 6) is 3.23. The number of nitrogens with zero attached hydrogens (tertiary/aromatic N) is 24. The molecule has 0 atom stereocenters. The van der Waals surface area contributed by atoms with Crippen LogP contribution in [0.3, 0.4) is 0 Å². The fraction of sp³-hybridized carbons (Fsp3) is 0.0172. The van der Waals surface area contributed by atoms with E-state index in [-0.39, 0.29) is 0 Å². The van der Waals surface area contributed by atoms with Crippen LogP contribution in [0.5, 0.6) is 0 Å². The van der Waals surface area contributed by atoms with Gasteiger partial charge in [-0.15, -0.1) is 0 Å². The second kappa shape index (κ2) is 17.6. The van der Waals surface area contributed by atoms with E-state index in [0.29, 0.717) is 84.2 Å². The molecule has 6 aromatic carbocycles. The quantitative estimate of drug-likeness (QED) is 0.0888. The second-order valence-corrected chi connectivity index (χ2v) is 20.1. The minimum atomic E-state index is 0.460. The summed E-state index contributed by atoms with van der Waals surface area (Å²) in [4.78, 5) is 109. The predicted octanol–water partition coefficient (Wildman–Crippen LogP) is 8.45. The maximum absolute atomic E-state index is 4.92. The molecule has 0 radical (unpaired) electrons. The summed E-state index contributed by atoms with van der Waals surface area (Å²) in [5, 5.41) is 0. The lowest BCUT2D eigenvalue weighted by molar-refractivity contribution is 1.01. The molecule has 5 N–H and O–H groups in total. The number of hydrogen-bond acceptors (Lipinski definition) is 21. The number of nitrogens with one attached hydrogen (secondary N) is 5. The average Bonchev–Trinajstić information content (AvgIpc) is 1.67. The number of H-pyrrole nitrogens is 5. The Labute approximate surface area is 479 Å². The molecule has 1 aliphatic rings. The maximum atomic E-state index is 4.92. The molecule has 16 heterocycles. The highest BCUT2D eigenvalue weighted by molar-refractivity contribution is 6.21. The fourth-order valence-electron chi connectivity index (χ4n) is 11.6. The molecule has 0 spiro atoms. The Morgan fingerprint density at radius 1 is 0.310 bits per heavy atom. The summed E-state index contributed by atoms with van der Waals surface area (Å²) in [7, 11) is 0. The summed E-state index contributed by atoms with van der Waals surface area (Å²) >= 11 is 0. The molecule has 29 nitrogen and oxygen atoms in total. The van der Waals surface area contributed by atoms with Gasteiger partial charge in [-0.3, -0.25) is 29.9 Å². The van der Waals surface area contributed by atoms with Crippen molar-refractivity contribution in [2.75, 3.05) is 0 Å². The number of aromatic nitrogens is 28. The van der Waals surface area contributed by atoms with Gasteiger partial charge in [0.15, 0.2) is 22.6 Å². The number of hydrogen-bond donors (Lipinski definition) is 5. The van der Waals surface area contributed by atoms with E-state index in [1.54, 1.807) is 56.2 Å². The van der Waals surface area contributed by atoms with E-state index in [0.717, 1.165) is 106 Å². The van der Waals surface area contributed by atoms with Gasteiger partial charge < -0.3 is 24.9 Å². The van der Waals surface area contributed by atoms with Crippen molar-refractivity contribution in [2.45, 2.75) is 6.42 Å². The van der Waals surface area contributed by atoms with Gasteiger partial charge in [0.05, 0.1) is 85.4 Å². The van der Waals surface area contributed by atoms with E-state index in [2.05, 4.69) is 146 Å². The van der Waals surface area contributed by atoms with Gasteiger partial charge in [0.2, 0.25) is 17.3 Å². The van der Waals surface area contributed by atoms with Crippen LogP contribution in [0.15, 0.2) is 147 Å². The number of para-hydroxylation sites is 6. The number of imidazole rings is 8. The van der Waals surface area contributed by atoms with Crippen LogP contribution in [-0.4, -0.2) is 144 Å². The van der Waals surface area contributed by atoms with Crippen LogP contribution < -0.4 is 0 Å². The van der Waals surface area contributed by atoms with Crippen LogP contribution in [0.25, 0.3) is 172 Å². The first-order valence-electron chi connectivity index (χ1n) is 27.0. The molecule has 15 aromatic heterocycles. The van der Waals surface area contributed by atoms with E-state index >= 15 is 0 Å². The molecule has 29 heteroatoms. The first-order chi connectivity index (χ1) is 43.1. The molecule has 87 heavy (non-hydrogen) atoms. The van der Waals surface area contributed by atoms with Crippen LogP contribution in [0.4, 0.5) is 5.82 Å². The third-order valence-corrected chi connectivity index (χ3v) is 15.3. The lowest BCUT2D eigenvalue weighted by Crippen LogP contribution is -2.03. The van der Waals surface area contributed by atoms with Gasteiger partial charge in [-0.1, -0.05) is 36.4 Å². The zero-order valence-electron chi connectivity index (χ0n) is 44.3. The van der Waals surface area contributed by atoms with Gasteiger partial charge >= 0.3 is 0 Å². The monoisotopic (exact) mass is 1130 g/mol. The van der Waals surface area contributed by atoms with Gasteiger partial charge in [0.1, 0.15) is 90.2 Å². The van der Waals surface area contributed by atoms with Gasteiger partial charge in [-0.05, 0) is 36.4 Å². The third-order valence-electron chi connectivity index (χ3n) is 15.3. The minimum absolute atomic E-state index is 0.460. The third kappa shape index (κ3) is 6.73. The van der Waals surface area contributed by atoms with Crippen LogP contribution in [0.1, 0.15) is 5.69 Å². The highest BCUT2D eigenvalue weighted by Gasteiger charge is 2.23. The van der Waals surface area contributed by atoms with Crippen molar-refractivity contribution in [3.05, 3.63) is 147 Å². The molecule has 22 rings (SSSR count). The molecule has 21 aromatic rings. The number of rotatable bonds is 0. The van der Waals surface area contributed by atoms with Crippen molar-refractivity contribution in [1.82, 2.24) is 138 Å². The largest absolute Gasteiger partial charge is 0.352 e. The van der Waals surface area contributed by atoms with E-state index in [4.69, 9.17) is 15.0 Å². The number of aromatic amines is 5. The minimum Gasteiger partial charge on any atom is -0.352 e. The number of benzene rings is 6. The van der Waals surface area contributed by atoms with E-state index < -0.39 is 0 Å². The van der Waals surface area contributed by atoms with Crippen molar-refractivity contribution >= 4 is 184 Å². The Bertz CT molecular complexity index is 5830. The molecule has 1 aliphatic heterocycles. The molecule has 0 saturated heterocycles. The summed E-state index contributed by atoms with van der Waals surface area (Å²) in [6, 6.07) is 24.5. The molecule has 0 bridgehead atoms.